The lowest BCUT2D eigenvalue weighted by atomic mass is 9.67. The Balaban J connectivity index is 1.12. The van der Waals surface area contributed by atoms with Gasteiger partial charge in [-0.05, 0) is 94.2 Å². The maximum absolute atomic E-state index is 14.3. The summed E-state index contributed by atoms with van der Waals surface area (Å²) in [5, 5.41) is 16.5. The number of amides is 4. The molecule has 54 heavy (non-hydrogen) atoms. The second kappa shape index (κ2) is 16.8. The van der Waals surface area contributed by atoms with Crippen LogP contribution in [-0.4, -0.2) is 94.9 Å². The number of nitrogens with zero attached hydrogens (tertiary/aromatic N) is 2. The van der Waals surface area contributed by atoms with Crippen molar-refractivity contribution in [1.82, 2.24) is 20.4 Å². The number of benzene rings is 2. The highest BCUT2D eigenvalue weighted by Gasteiger charge is 2.45. The molecule has 2 aromatic rings. The number of nitrogens with one attached hydrogen (secondary N) is 2. The summed E-state index contributed by atoms with van der Waals surface area (Å²) >= 11 is 0. The van der Waals surface area contributed by atoms with Gasteiger partial charge in [-0.2, -0.15) is 0 Å². The van der Waals surface area contributed by atoms with Crippen LogP contribution < -0.4 is 10.6 Å². The zero-order valence-corrected chi connectivity index (χ0v) is 33.0. The van der Waals surface area contributed by atoms with E-state index >= 15 is 0 Å². The van der Waals surface area contributed by atoms with Crippen LogP contribution in [0.3, 0.4) is 0 Å². The Labute approximate surface area is 319 Å². The van der Waals surface area contributed by atoms with E-state index in [1.165, 1.54) is 11.0 Å². The maximum atomic E-state index is 14.3. The summed E-state index contributed by atoms with van der Waals surface area (Å²) in [6, 6.07) is 11.5. The van der Waals surface area contributed by atoms with E-state index in [1.54, 1.807) is 35.2 Å². The van der Waals surface area contributed by atoms with Crippen LogP contribution >= 0.6 is 0 Å². The minimum atomic E-state index is -0.956. The molecule has 2 aliphatic heterocycles. The van der Waals surface area contributed by atoms with E-state index in [-0.39, 0.29) is 43.0 Å². The third kappa shape index (κ3) is 10.4. The molecule has 3 N–H and O–H groups in total. The van der Waals surface area contributed by atoms with Crippen LogP contribution in [0.25, 0.3) is 11.1 Å². The topological polar surface area (TPSA) is 138 Å². The lowest BCUT2D eigenvalue weighted by Gasteiger charge is -2.45. The first-order valence-corrected chi connectivity index (χ1v) is 19.4. The number of aliphatic hydroxyl groups is 1. The number of hydrogen-bond acceptors (Lipinski definition) is 7. The van der Waals surface area contributed by atoms with E-state index in [0.717, 1.165) is 44.1 Å². The molecule has 2 heterocycles. The van der Waals surface area contributed by atoms with Crippen LogP contribution in [0, 0.1) is 16.6 Å². The molecule has 4 atom stereocenters. The second-order valence-electron chi connectivity index (χ2n) is 17.6. The minimum Gasteiger partial charge on any atom is -0.444 e. The summed E-state index contributed by atoms with van der Waals surface area (Å²) in [6.45, 7) is 14.1. The standard InChI is InChI=1S/C42H59FN4O7/c1-27(28-12-14-29(15-13-28)32-10-8-9-11-33(32)43)44-37(50)34-24-30(48)25-47(34)38(51)36(40(2,3)4)45-35(49)26-53-31-16-18-42(19-17-31)20-22-46(23-21-42)39(52)54-41(5,6)7/h8-15,27,30-31,34,36,48H,16-26H2,1-7H3,(H,44,50)(H,45,49)/t27-,30+,34-,36+/m0/s1. The zero-order valence-electron chi connectivity index (χ0n) is 33.0. The number of hydrogen-bond donors (Lipinski definition) is 3. The van der Waals surface area contributed by atoms with Gasteiger partial charge in [-0.15, -0.1) is 0 Å². The molecule has 1 saturated carbocycles. The average Bonchev–Trinajstić information content (AvgIpc) is 3.51. The first kappa shape index (κ1) is 41.1. The molecule has 4 amide bonds. The Morgan fingerprint density at radius 1 is 0.926 bits per heavy atom. The third-order valence-electron chi connectivity index (χ3n) is 11.2. The first-order valence-electron chi connectivity index (χ1n) is 19.4. The smallest absolute Gasteiger partial charge is 0.410 e. The van der Waals surface area contributed by atoms with Gasteiger partial charge in [0.05, 0.1) is 18.2 Å². The van der Waals surface area contributed by atoms with Crippen molar-refractivity contribution in [1.29, 1.82) is 0 Å². The zero-order chi connectivity index (χ0) is 39.4. The van der Waals surface area contributed by atoms with Gasteiger partial charge in [-0.25, -0.2) is 9.18 Å². The van der Waals surface area contributed by atoms with Gasteiger partial charge in [0, 0.05) is 31.6 Å². The molecular weight excluding hydrogens is 691 g/mol. The Morgan fingerprint density at radius 2 is 1.56 bits per heavy atom. The highest BCUT2D eigenvalue weighted by Crippen LogP contribution is 2.45. The number of β-amino-alcohol motifs (C(OH)–C–C–N with tert-alkyl or cyclic N) is 1. The van der Waals surface area contributed by atoms with E-state index in [1.807, 2.05) is 60.6 Å². The summed E-state index contributed by atoms with van der Waals surface area (Å²) in [7, 11) is 0. The summed E-state index contributed by atoms with van der Waals surface area (Å²) in [4.78, 5) is 56.6. The summed E-state index contributed by atoms with van der Waals surface area (Å²) in [6.07, 6.45) is 4.24. The molecule has 12 heteroatoms. The summed E-state index contributed by atoms with van der Waals surface area (Å²) < 4.78 is 25.9. The van der Waals surface area contributed by atoms with E-state index in [4.69, 9.17) is 9.47 Å². The molecule has 3 aliphatic rings. The maximum Gasteiger partial charge on any atom is 0.410 e. The molecule has 5 rings (SSSR count). The predicted molar refractivity (Wildman–Crippen MR) is 204 cm³/mol. The van der Waals surface area contributed by atoms with Gasteiger partial charge in [0.2, 0.25) is 17.7 Å². The fourth-order valence-corrected chi connectivity index (χ4v) is 7.92. The van der Waals surface area contributed by atoms with E-state index in [0.29, 0.717) is 24.2 Å². The van der Waals surface area contributed by atoms with E-state index in [9.17, 15) is 28.7 Å². The molecule has 11 nitrogen and oxygen atoms in total. The van der Waals surface area contributed by atoms with Crippen molar-refractivity contribution in [2.45, 2.75) is 129 Å². The Bertz CT molecular complexity index is 1630. The van der Waals surface area contributed by atoms with Gasteiger partial charge in [-0.1, -0.05) is 63.2 Å². The number of carbonyl (C=O) groups excluding carboxylic acids is 4. The molecule has 0 aromatic heterocycles. The van der Waals surface area contributed by atoms with Crippen molar-refractivity contribution < 1.29 is 38.1 Å². The van der Waals surface area contributed by atoms with Crippen molar-refractivity contribution in [3.05, 3.63) is 59.9 Å². The van der Waals surface area contributed by atoms with Crippen molar-refractivity contribution in [2.24, 2.45) is 10.8 Å². The predicted octanol–water partition coefficient (Wildman–Crippen LogP) is 6.14. The summed E-state index contributed by atoms with van der Waals surface area (Å²) in [5.74, 6) is -1.57. The molecule has 296 valence electrons. The van der Waals surface area contributed by atoms with Gasteiger partial charge < -0.3 is 35.0 Å². The molecule has 1 spiro atoms. The van der Waals surface area contributed by atoms with Gasteiger partial charge >= 0.3 is 6.09 Å². The third-order valence-corrected chi connectivity index (χ3v) is 11.2. The van der Waals surface area contributed by atoms with Crippen molar-refractivity contribution in [3.8, 4) is 11.1 Å². The lowest BCUT2D eigenvalue weighted by Crippen LogP contribution is -2.58. The molecule has 0 bridgehead atoms. The fourth-order valence-electron chi connectivity index (χ4n) is 7.92. The van der Waals surface area contributed by atoms with Crippen LogP contribution in [0.1, 0.15) is 105 Å². The monoisotopic (exact) mass is 750 g/mol. The SMILES string of the molecule is C[C@H](NC(=O)[C@@H]1C[C@@H](O)CN1C(=O)[C@@H](NC(=O)COC1CCC2(CC1)CCN(C(=O)OC(C)(C)C)CC2)C(C)(C)C)c1ccc(-c2ccccc2F)cc1. The number of rotatable bonds is 9. The van der Waals surface area contributed by atoms with Gasteiger partial charge in [0.25, 0.3) is 0 Å². The van der Waals surface area contributed by atoms with Crippen molar-refractivity contribution >= 4 is 23.8 Å². The van der Waals surface area contributed by atoms with Gasteiger partial charge in [-0.3, -0.25) is 14.4 Å². The highest BCUT2D eigenvalue weighted by molar-refractivity contribution is 5.93. The van der Waals surface area contributed by atoms with Crippen LogP contribution in [-0.2, 0) is 23.9 Å². The summed E-state index contributed by atoms with van der Waals surface area (Å²) in [5.41, 5.74) is 0.953. The van der Waals surface area contributed by atoms with E-state index in [2.05, 4.69) is 10.6 Å². The highest BCUT2D eigenvalue weighted by atomic mass is 19.1. The number of ether oxygens (including phenoxy) is 2. The number of carbonyl (C=O) groups is 4. The van der Waals surface area contributed by atoms with E-state index < -0.39 is 53.0 Å². The van der Waals surface area contributed by atoms with Crippen LogP contribution in [0.5, 0.6) is 0 Å². The molecule has 3 fully saturated rings. The van der Waals surface area contributed by atoms with Crippen LogP contribution in [0.4, 0.5) is 9.18 Å². The molecule has 0 unspecified atom stereocenters. The fraction of sp³-hybridized carbons (Fsp3) is 0.619. The Morgan fingerprint density at radius 3 is 2.15 bits per heavy atom. The largest absolute Gasteiger partial charge is 0.444 e. The van der Waals surface area contributed by atoms with Crippen LogP contribution in [0.2, 0.25) is 0 Å². The lowest BCUT2D eigenvalue weighted by molar-refractivity contribution is -0.145. The number of aliphatic hydroxyl groups excluding tert-OH is 1. The molecule has 2 aromatic carbocycles. The van der Waals surface area contributed by atoms with Gasteiger partial charge in [0.1, 0.15) is 30.1 Å². The minimum absolute atomic E-state index is 0.0268. The first-order chi connectivity index (χ1) is 25.3. The molecule has 0 radical (unpaired) electrons. The second-order valence-corrected chi connectivity index (χ2v) is 17.6. The quantitative estimate of drug-likeness (QED) is 0.280. The molecule has 1 aliphatic carbocycles. The van der Waals surface area contributed by atoms with Gasteiger partial charge in [0.15, 0.2) is 0 Å². The Kier molecular flexibility index (Phi) is 12.8. The molecular formula is C42H59FN4O7. The number of piperidine rings is 1. The van der Waals surface area contributed by atoms with Crippen molar-refractivity contribution in [3.63, 3.8) is 0 Å². The number of halogens is 1. The number of likely N-dealkylation sites (tertiary alicyclic amines) is 2. The van der Waals surface area contributed by atoms with Crippen LogP contribution in [0.15, 0.2) is 48.5 Å². The average molecular weight is 751 g/mol. The Hall–Kier alpha value is -4.03. The normalized spacial score (nSPS) is 21.7. The van der Waals surface area contributed by atoms with Crippen molar-refractivity contribution in [2.75, 3.05) is 26.2 Å². The molecule has 2 saturated heterocycles.